The Hall–Kier alpha value is -0.123. The van der Waals surface area contributed by atoms with E-state index in [4.69, 9.17) is 9.47 Å². The highest BCUT2D eigenvalue weighted by molar-refractivity contribution is 6.13. The molecular weight excluding hydrogens is 144 g/mol. The molecule has 0 saturated carbocycles. The largest absolute Gasteiger partial charge is 0.357 e. The van der Waals surface area contributed by atoms with Gasteiger partial charge in [0.05, 0.1) is 10.2 Å². The summed E-state index contributed by atoms with van der Waals surface area (Å²) in [5, 5.41) is 0. The molecule has 0 amide bonds. The Kier molecular flexibility index (Phi) is 3.86. The summed E-state index contributed by atoms with van der Waals surface area (Å²) in [6.07, 6.45) is 1.85. The van der Waals surface area contributed by atoms with Crippen molar-refractivity contribution in [3.05, 3.63) is 12.7 Å². The Balaban J connectivity index is 4.15. The van der Waals surface area contributed by atoms with E-state index in [2.05, 4.69) is 6.58 Å². The Morgan fingerprint density at radius 3 is 2.00 bits per heavy atom. The summed E-state index contributed by atoms with van der Waals surface area (Å²) in [5.74, 6) is 0.258. The van der Waals surface area contributed by atoms with Gasteiger partial charge in [0.2, 0.25) is 0 Å². The van der Waals surface area contributed by atoms with E-state index in [1.54, 1.807) is 14.2 Å². The lowest BCUT2D eigenvalue weighted by molar-refractivity contribution is -0.162. The number of hydrogen-bond acceptors (Lipinski definition) is 2. The smallest absolute Gasteiger partial charge is 0.146 e. The molecule has 0 aromatic rings. The predicted molar refractivity (Wildman–Crippen MR) is 46.0 cm³/mol. The van der Waals surface area contributed by atoms with Gasteiger partial charge in [0.1, 0.15) is 5.41 Å². The first-order valence-corrected chi connectivity index (χ1v) is 4.33. The van der Waals surface area contributed by atoms with Gasteiger partial charge in [-0.3, -0.25) is 0 Å². The quantitative estimate of drug-likeness (QED) is 0.330. The van der Waals surface area contributed by atoms with E-state index >= 15 is 0 Å². The average Bonchev–Trinajstić information content (AvgIpc) is 2.01. The fourth-order valence-corrected chi connectivity index (χ4v) is 0.905. The van der Waals surface area contributed by atoms with Crippen LogP contribution in [-0.2, 0) is 9.47 Å². The van der Waals surface area contributed by atoms with Crippen molar-refractivity contribution < 1.29 is 9.47 Å². The molecule has 0 bridgehead atoms. The van der Waals surface area contributed by atoms with Crippen LogP contribution in [0, 0.1) is 5.92 Å². The van der Waals surface area contributed by atoms with E-state index in [1.807, 2.05) is 13.0 Å². The summed E-state index contributed by atoms with van der Waals surface area (Å²) >= 11 is 0. The molecule has 1 unspecified atom stereocenters. The van der Waals surface area contributed by atoms with Gasteiger partial charge in [0.25, 0.3) is 0 Å². The van der Waals surface area contributed by atoms with Gasteiger partial charge in [0, 0.05) is 20.1 Å². The molecule has 0 N–H and O–H groups in total. The van der Waals surface area contributed by atoms with Crippen LogP contribution < -0.4 is 0 Å². The number of ether oxygens (including phenoxy) is 2. The van der Waals surface area contributed by atoms with Crippen LogP contribution in [0.25, 0.3) is 0 Å². The molecule has 0 aliphatic heterocycles. The fourth-order valence-electron chi connectivity index (χ4n) is 0.669. The topological polar surface area (TPSA) is 18.5 Å². The van der Waals surface area contributed by atoms with E-state index < -0.39 is 0 Å². The first kappa shape index (κ1) is 9.88. The zero-order chi connectivity index (χ0) is 8.20. The van der Waals surface area contributed by atoms with Crippen LogP contribution in [0.1, 0.15) is 6.92 Å². The van der Waals surface area contributed by atoms with Crippen molar-refractivity contribution >= 4 is 10.2 Å². The van der Waals surface area contributed by atoms with Crippen molar-refractivity contribution in [2.75, 3.05) is 14.2 Å². The van der Waals surface area contributed by atoms with Gasteiger partial charge in [-0.2, -0.15) is 0 Å². The Morgan fingerprint density at radius 1 is 1.50 bits per heavy atom. The first-order chi connectivity index (χ1) is 4.60. The maximum absolute atomic E-state index is 5.21. The van der Waals surface area contributed by atoms with Gasteiger partial charge >= 0.3 is 0 Å². The average molecular weight is 160 g/mol. The number of hydrogen-bond donors (Lipinski definition) is 0. The molecule has 60 valence electrons. The normalized spacial score (nSPS) is 15.1. The molecule has 0 aliphatic carbocycles. The lowest BCUT2D eigenvalue weighted by Crippen LogP contribution is -2.40. The standard InChI is InChI=1S/C7H16O2Si/c1-5-6(2)7(10,8-3)9-4/h5-6H,1H2,2-4,10H3. The van der Waals surface area contributed by atoms with E-state index in [9.17, 15) is 0 Å². The van der Waals surface area contributed by atoms with E-state index in [-0.39, 0.29) is 11.3 Å². The van der Waals surface area contributed by atoms with Crippen molar-refractivity contribution in [3.63, 3.8) is 0 Å². The SMILES string of the molecule is C=CC(C)C([SiH3])(OC)OC. The molecule has 0 aliphatic rings. The highest BCUT2D eigenvalue weighted by atomic mass is 28.1. The molecule has 0 aromatic carbocycles. The highest BCUT2D eigenvalue weighted by Crippen LogP contribution is 2.18. The predicted octanol–water partition coefficient (Wildman–Crippen LogP) is 0.120. The molecule has 0 radical (unpaired) electrons. The van der Waals surface area contributed by atoms with Crippen LogP contribution in [-0.4, -0.2) is 29.9 Å². The second kappa shape index (κ2) is 3.90. The van der Waals surface area contributed by atoms with E-state index in [1.165, 1.54) is 0 Å². The van der Waals surface area contributed by atoms with Crippen molar-refractivity contribution in [1.29, 1.82) is 0 Å². The van der Waals surface area contributed by atoms with Crippen molar-refractivity contribution in [2.45, 2.75) is 12.3 Å². The monoisotopic (exact) mass is 160 g/mol. The molecule has 0 rings (SSSR count). The van der Waals surface area contributed by atoms with Crippen LogP contribution in [0.15, 0.2) is 12.7 Å². The summed E-state index contributed by atoms with van der Waals surface area (Å²) in [7, 11) is 4.17. The fraction of sp³-hybridized carbons (Fsp3) is 0.714. The van der Waals surface area contributed by atoms with Gasteiger partial charge < -0.3 is 9.47 Å². The minimum atomic E-state index is -0.387. The van der Waals surface area contributed by atoms with Gasteiger partial charge in [-0.05, 0) is 0 Å². The van der Waals surface area contributed by atoms with Crippen molar-refractivity contribution in [1.82, 2.24) is 0 Å². The summed E-state index contributed by atoms with van der Waals surface area (Å²) in [6, 6.07) is 0. The number of rotatable bonds is 4. The maximum Gasteiger partial charge on any atom is 0.146 e. The third-order valence-corrected chi connectivity index (χ3v) is 3.72. The maximum atomic E-state index is 5.21. The molecule has 0 aromatic heterocycles. The number of methoxy groups -OCH3 is 2. The van der Waals surface area contributed by atoms with Gasteiger partial charge in [-0.1, -0.05) is 13.0 Å². The minimum Gasteiger partial charge on any atom is -0.357 e. The van der Waals surface area contributed by atoms with Crippen LogP contribution in [0.3, 0.4) is 0 Å². The summed E-state index contributed by atoms with van der Waals surface area (Å²) in [6.45, 7) is 5.72. The molecule has 0 heterocycles. The summed E-state index contributed by atoms with van der Waals surface area (Å²) in [4.78, 5) is 0. The van der Waals surface area contributed by atoms with E-state index in [0.29, 0.717) is 0 Å². The van der Waals surface area contributed by atoms with Crippen molar-refractivity contribution in [3.8, 4) is 0 Å². The van der Waals surface area contributed by atoms with Gasteiger partial charge in [-0.25, -0.2) is 0 Å². The zero-order valence-electron chi connectivity index (χ0n) is 7.18. The van der Waals surface area contributed by atoms with Crippen LogP contribution in [0.4, 0.5) is 0 Å². The molecular formula is C7H16O2Si. The van der Waals surface area contributed by atoms with Crippen LogP contribution in [0.5, 0.6) is 0 Å². The summed E-state index contributed by atoms with van der Waals surface area (Å²) in [5.41, 5.74) is -0.387. The van der Waals surface area contributed by atoms with Gasteiger partial charge in [-0.15, -0.1) is 6.58 Å². The lowest BCUT2D eigenvalue weighted by Gasteiger charge is -2.31. The summed E-state index contributed by atoms with van der Waals surface area (Å²) < 4.78 is 10.4. The van der Waals surface area contributed by atoms with Crippen molar-refractivity contribution in [2.24, 2.45) is 5.92 Å². The molecule has 0 saturated heterocycles. The lowest BCUT2D eigenvalue weighted by atomic mass is 10.1. The minimum absolute atomic E-state index is 0.258. The highest BCUT2D eigenvalue weighted by Gasteiger charge is 2.27. The molecule has 10 heavy (non-hydrogen) atoms. The van der Waals surface area contributed by atoms with Crippen LogP contribution >= 0.6 is 0 Å². The Bertz CT molecular complexity index is 110. The molecule has 0 spiro atoms. The molecule has 1 atom stereocenters. The first-order valence-electron chi connectivity index (χ1n) is 3.33. The Morgan fingerprint density at radius 2 is 1.90 bits per heavy atom. The second-order valence-corrected chi connectivity index (χ2v) is 3.84. The third-order valence-electron chi connectivity index (χ3n) is 1.99. The molecule has 3 heteroatoms. The second-order valence-electron chi connectivity index (χ2n) is 2.45. The van der Waals surface area contributed by atoms with Crippen LogP contribution in [0.2, 0.25) is 0 Å². The van der Waals surface area contributed by atoms with E-state index in [0.717, 1.165) is 10.2 Å². The Labute approximate surface area is 65.6 Å². The zero-order valence-corrected chi connectivity index (χ0v) is 9.18. The molecule has 2 nitrogen and oxygen atoms in total. The van der Waals surface area contributed by atoms with Gasteiger partial charge in [0.15, 0.2) is 0 Å². The third kappa shape index (κ3) is 1.93. The molecule has 0 fully saturated rings.